The predicted octanol–water partition coefficient (Wildman–Crippen LogP) is 1.15. The van der Waals surface area contributed by atoms with Gasteiger partial charge >= 0.3 is 0 Å². The van der Waals surface area contributed by atoms with Gasteiger partial charge in [0.15, 0.2) is 0 Å². The second-order valence-corrected chi connectivity index (χ2v) is 4.89. The molecule has 1 aliphatic carbocycles. The molecular formula is C14H17NO3. The van der Waals surface area contributed by atoms with E-state index in [9.17, 15) is 4.79 Å². The molecule has 1 saturated carbocycles. The van der Waals surface area contributed by atoms with Crippen LogP contribution in [0.15, 0.2) is 24.3 Å². The van der Waals surface area contributed by atoms with Crippen molar-refractivity contribution in [2.45, 2.75) is 24.8 Å². The standard InChI is InChI=1S/C14H17NO3/c16-8-7-15(10-5-6-10)14(17)12-9-18-13-4-2-1-3-11(12)13/h1-4,10,12,16H,5-9H2. The zero-order chi connectivity index (χ0) is 12.5. The summed E-state index contributed by atoms with van der Waals surface area (Å²) < 4.78 is 5.55. The number of rotatable bonds is 4. The third kappa shape index (κ3) is 1.97. The Hall–Kier alpha value is -1.55. The zero-order valence-electron chi connectivity index (χ0n) is 10.2. The lowest BCUT2D eigenvalue weighted by Gasteiger charge is -2.24. The fourth-order valence-electron chi connectivity index (χ4n) is 2.53. The van der Waals surface area contributed by atoms with Gasteiger partial charge in [0.1, 0.15) is 18.3 Å². The lowest BCUT2D eigenvalue weighted by atomic mass is 10.00. The Morgan fingerprint density at radius 1 is 1.39 bits per heavy atom. The Labute approximate surface area is 106 Å². The first-order valence-electron chi connectivity index (χ1n) is 6.44. The van der Waals surface area contributed by atoms with Crippen LogP contribution in [-0.4, -0.2) is 41.7 Å². The van der Waals surface area contributed by atoms with Crippen molar-refractivity contribution in [2.75, 3.05) is 19.8 Å². The fraction of sp³-hybridized carbons (Fsp3) is 0.500. The third-order valence-corrected chi connectivity index (χ3v) is 3.61. The average Bonchev–Trinajstić information content (AvgIpc) is 3.14. The number of hydrogen-bond donors (Lipinski definition) is 1. The molecule has 1 atom stereocenters. The van der Waals surface area contributed by atoms with Crippen molar-refractivity contribution in [3.8, 4) is 5.75 Å². The topological polar surface area (TPSA) is 49.8 Å². The Morgan fingerprint density at radius 2 is 2.17 bits per heavy atom. The van der Waals surface area contributed by atoms with E-state index < -0.39 is 0 Å². The average molecular weight is 247 g/mol. The Morgan fingerprint density at radius 3 is 2.89 bits per heavy atom. The Balaban J connectivity index is 1.80. The molecule has 4 heteroatoms. The molecular weight excluding hydrogens is 230 g/mol. The lowest BCUT2D eigenvalue weighted by molar-refractivity contribution is -0.134. The number of ether oxygens (including phenoxy) is 1. The first-order valence-corrected chi connectivity index (χ1v) is 6.44. The third-order valence-electron chi connectivity index (χ3n) is 3.61. The number of fused-ring (bicyclic) bond motifs is 1. The largest absolute Gasteiger partial charge is 0.492 e. The van der Waals surface area contributed by atoms with Crippen LogP contribution in [-0.2, 0) is 4.79 Å². The quantitative estimate of drug-likeness (QED) is 0.868. The van der Waals surface area contributed by atoms with E-state index in [1.54, 1.807) is 0 Å². The monoisotopic (exact) mass is 247 g/mol. The Bertz CT molecular complexity index is 456. The van der Waals surface area contributed by atoms with Gasteiger partial charge in [-0.2, -0.15) is 0 Å². The summed E-state index contributed by atoms with van der Waals surface area (Å²) in [7, 11) is 0. The van der Waals surface area contributed by atoms with E-state index >= 15 is 0 Å². The highest BCUT2D eigenvalue weighted by molar-refractivity contribution is 5.86. The number of para-hydroxylation sites is 1. The van der Waals surface area contributed by atoms with Crippen molar-refractivity contribution >= 4 is 5.91 Å². The molecule has 18 heavy (non-hydrogen) atoms. The number of aliphatic hydroxyl groups excluding tert-OH is 1. The van der Waals surface area contributed by atoms with E-state index in [0.717, 1.165) is 24.2 Å². The van der Waals surface area contributed by atoms with Gasteiger partial charge in [-0.05, 0) is 18.9 Å². The van der Waals surface area contributed by atoms with Crippen molar-refractivity contribution in [2.24, 2.45) is 0 Å². The summed E-state index contributed by atoms with van der Waals surface area (Å²) in [5.41, 5.74) is 0.978. The van der Waals surface area contributed by atoms with Crippen molar-refractivity contribution in [3.63, 3.8) is 0 Å². The summed E-state index contributed by atoms with van der Waals surface area (Å²) in [5, 5.41) is 9.08. The maximum atomic E-state index is 12.5. The number of nitrogens with zero attached hydrogens (tertiary/aromatic N) is 1. The Kier molecular flexibility index (Phi) is 2.96. The molecule has 1 aliphatic heterocycles. The molecule has 96 valence electrons. The number of benzene rings is 1. The molecule has 0 aromatic heterocycles. The normalized spacial score (nSPS) is 21.3. The second-order valence-electron chi connectivity index (χ2n) is 4.89. The van der Waals surface area contributed by atoms with E-state index in [4.69, 9.17) is 9.84 Å². The van der Waals surface area contributed by atoms with E-state index in [2.05, 4.69) is 0 Å². The molecule has 1 aromatic rings. The molecule has 0 radical (unpaired) electrons. The second kappa shape index (κ2) is 4.61. The minimum atomic E-state index is -0.201. The van der Waals surface area contributed by atoms with E-state index in [-0.39, 0.29) is 18.4 Å². The van der Waals surface area contributed by atoms with Crippen molar-refractivity contribution in [1.82, 2.24) is 4.90 Å². The SMILES string of the molecule is O=C(C1COc2ccccc21)N(CCO)C1CC1. The number of hydrogen-bond acceptors (Lipinski definition) is 3. The summed E-state index contributed by atoms with van der Waals surface area (Å²) in [4.78, 5) is 14.3. The fourth-order valence-corrected chi connectivity index (χ4v) is 2.53. The molecule has 0 saturated heterocycles. The summed E-state index contributed by atoms with van der Waals surface area (Å²) in [5.74, 6) is 0.709. The van der Waals surface area contributed by atoms with Gasteiger partial charge in [0.2, 0.25) is 5.91 Å². The highest BCUT2D eigenvalue weighted by Gasteiger charge is 2.39. The molecule has 1 N–H and O–H groups in total. The minimum Gasteiger partial charge on any atom is -0.492 e. The van der Waals surface area contributed by atoms with Crippen molar-refractivity contribution in [3.05, 3.63) is 29.8 Å². The first kappa shape index (κ1) is 11.5. The van der Waals surface area contributed by atoms with Gasteiger partial charge in [-0.25, -0.2) is 0 Å². The van der Waals surface area contributed by atoms with Crippen LogP contribution < -0.4 is 4.74 Å². The van der Waals surface area contributed by atoms with Gasteiger partial charge < -0.3 is 14.7 Å². The maximum absolute atomic E-state index is 12.5. The summed E-state index contributed by atoms with van der Waals surface area (Å²) in [6.07, 6.45) is 2.11. The van der Waals surface area contributed by atoms with E-state index in [1.165, 1.54) is 0 Å². The van der Waals surface area contributed by atoms with Gasteiger partial charge in [0.25, 0.3) is 0 Å². The molecule has 1 fully saturated rings. The van der Waals surface area contributed by atoms with Crippen LogP contribution in [0.3, 0.4) is 0 Å². The van der Waals surface area contributed by atoms with Crippen LogP contribution in [0.4, 0.5) is 0 Å². The molecule has 1 heterocycles. The highest BCUT2D eigenvalue weighted by Crippen LogP contribution is 2.37. The van der Waals surface area contributed by atoms with E-state index in [1.807, 2.05) is 29.2 Å². The number of aliphatic hydroxyl groups is 1. The zero-order valence-corrected chi connectivity index (χ0v) is 10.2. The van der Waals surface area contributed by atoms with Crippen LogP contribution in [0.2, 0.25) is 0 Å². The smallest absolute Gasteiger partial charge is 0.234 e. The summed E-state index contributed by atoms with van der Waals surface area (Å²) >= 11 is 0. The van der Waals surface area contributed by atoms with Crippen LogP contribution in [0, 0.1) is 0 Å². The lowest BCUT2D eigenvalue weighted by Crippen LogP contribution is -2.39. The van der Waals surface area contributed by atoms with Crippen molar-refractivity contribution in [1.29, 1.82) is 0 Å². The van der Waals surface area contributed by atoms with E-state index in [0.29, 0.717) is 19.2 Å². The van der Waals surface area contributed by atoms with Gasteiger partial charge in [-0.1, -0.05) is 18.2 Å². The first-order chi connectivity index (χ1) is 8.81. The molecule has 0 spiro atoms. The van der Waals surface area contributed by atoms with Crippen molar-refractivity contribution < 1.29 is 14.6 Å². The maximum Gasteiger partial charge on any atom is 0.234 e. The van der Waals surface area contributed by atoms with Crippen LogP contribution in [0.1, 0.15) is 24.3 Å². The molecule has 1 aromatic carbocycles. The predicted molar refractivity (Wildman–Crippen MR) is 66.5 cm³/mol. The molecule has 2 aliphatic rings. The minimum absolute atomic E-state index is 0.0253. The van der Waals surface area contributed by atoms with Gasteiger partial charge in [0, 0.05) is 18.2 Å². The summed E-state index contributed by atoms with van der Waals surface area (Å²) in [6.45, 7) is 0.881. The van der Waals surface area contributed by atoms with Gasteiger partial charge in [-0.15, -0.1) is 0 Å². The summed E-state index contributed by atoms with van der Waals surface area (Å²) in [6, 6.07) is 8.03. The number of carbonyl (C=O) groups is 1. The molecule has 4 nitrogen and oxygen atoms in total. The van der Waals surface area contributed by atoms with Crippen LogP contribution >= 0.6 is 0 Å². The highest BCUT2D eigenvalue weighted by atomic mass is 16.5. The van der Waals surface area contributed by atoms with Crippen LogP contribution in [0.5, 0.6) is 5.75 Å². The van der Waals surface area contributed by atoms with Gasteiger partial charge in [-0.3, -0.25) is 4.79 Å². The number of carbonyl (C=O) groups excluding carboxylic acids is 1. The number of amides is 1. The molecule has 1 unspecified atom stereocenters. The molecule has 0 bridgehead atoms. The molecule has 1 amide bonds. The molecule has 3 rings (SSSR count). The van der Waals surface area contributed by atoms with Crippen LogP contribution in [0.25, 0.3) is 0 Å². The van der Waals surface area contributed by atoms with Gasteiger partial charge in [0.05, 0.1) is 6.61 Å².